The van der Waals surface area contributed by atoms with Crippen molar-refractivity contribution >= 4 is 17.6 Å². The van der Waals surface area contributed by atoms with Gasteiger partial charge in [0.2, 0.25) is 5.91 Å². The largest absolute Gasteiger partial charge is 0.368 e. The summed E-state index contributed by atoms with van der Waals surface area (Å²) in [7, 11) is 0. The zero-order valence-corrected chi connectivity index (χ0v) is 12.3. The zero-order valence-electron chi connectivity index (χ0n) is 12.3. The van der Waals surface area contributed by atoms with Crippen molar-refractivity contribution in [2.24, 2.45) is 5.73 Å². The van der Waals surface area contributed by atoms with E-state index in [2.05, 4.69) is 15.7 Å². The van der Waals surface area contributed by atoms with Crippen molar-refractivity contribution in [3.8, 4) is 0 Å². The molecule has 1 aromatic heterocycles. The van der Waals surface area contributed by atoms with Crippen LogP contribution in [-0.2, 0) is 11.3 Å². The monoisotopic (exact) mass is 301 g/mol. The predicted octanol–water partition coefficient (Wildman–Crippen LogP) is 1.29. The summed E-state index contributed by atoms with van der Waals surface area (Å²) in [4.78, 5) is 22.6. The summed E-state index contributed by atoms with van der Waals surface area (Å²) in [6, 6.07) is 9.63. The molecule has 2 aromatic rings. The van der Waals surface area contributed by atoms with Gasteiger partial charge >= 0.3 is 6.03 Å². The molecule has 0 saturated heterocycles. The number of hydrogen-bond acceptors (Lipinski definition) is 3. The standard InChI is InChI=1S/C15H19N5O2/c1-11(12-5-3-2-4-6-12)7-17-15(22)19-13-8-18-20(9-13)10-14(16)21/h2-6,8-9,11H,7,10H2,1H3,(H2,16,21)(H2,17,19,22). The summed E-state index contributed by atoms with van der Waals surface area (Å²) in [5.41, 5.74) is 6.74. The second-order valence-electron chi connectivity index (χ2n) is 5.04. The third-order valence-corrected chi connectivity index (χ3v) is 3.15. The molecule has 0 bridgehead atoms. The van der Waals surface area contributed by atoms with E-state index in [0.717, 1.165) is 5.56 Å². The predicted molar refractivity (Wildman–Crippen MR) is 83.3 cm³/mol. The van der Waals surface area contributed by atoms with E-state index >= 15 is 0 Å². The Balaban J connectivity index is 1.80. The van der Waals surface area contributed by atoms with Crippen LogP contribution in [0.4, 0.5) is 10.5 Å². The first kappa shape index (κ1) is 15.6. The van der Waals surface area contributed by atoms with Gasteiger partial charge in [-0.15, -0.1) is 0 Å². The fourth-order valence-electron chi connectivity index (χ4n) is 1.99. The highest BCUT2D eigenvalue weighted by atomic mass is 16.2. The molecular weight excluding hydrogens is 282 g/mol. The van der Waals surface area contributed by atoms with Gasteiger partial charge in [0.25, 0.3) is 0 Å². The number of benzene rings is 1. The van der Waals surface area contributed by atoms with Crippen LogP contribution in [-0.4, -0.2) is 28.3 Å². The minimum atomic E-state index is -0.490. The Labute approximate surface area is 128 Å². The van der Waals surface area contributed by atoms with Crippen molar-refractivity contribution in [3.05, 3.63) is 48.3 Å². The Morgan fingerprint density at radius 2 is 2.05 bits per heavy atom. The minimum Gasteiger partial charge on any atom is -0.368 e. The van der Waals surface area contributed by atoms with Crippen LogP contribution < -0.4 is 16.4 Å². The summed E-state index contributed by atoms with van der Waals surface area (Å²) in [6.45, 7) is 2.54. The fourth-order valence-corrected chi connectivity index (χ4v) is 1.99. The van der Waals surface area contributed by atoms with Crippen molar-refractivity contribution in [1.82, 2.24) is 15.1 Å². The van der Waals surface area contributed by atoms with Crippen molar-refractivity contribution < 1.29 is 9.59 Å². The van der Waals surface area contributed by atoms with Gasteiger partial charge in [-0.2, -0.15) is 5.10 Å². The van der Waals surface area contributed by atoms with E-state index in [4.69, 9.17) is 5.73 Å². The molecule has 3 amide bonds. The van der Waals surface area contributed by atoms with Crippen LogP contribution in [0.5, 0.6) is 0 Å². The Kier molecular flexibility index (Phi) is 5.13. The number of primary amides is 1. The molecule has 2 rings (SSSR count). The molecule has 0 aliphatic rings. The van der Waals surface area contributed by atoms with E-state index in [1.165, 1.54) is 10.9 Å². The number of nitrogens with zero attached hydrogens (tertiary/aromatic N) is 2. The Morgan fingerprint density at radius 3 is 2.73 bits per heavy atom. The van der Waals surface area contributed by atoms with Gasteiger partial charge in [0.05, 0.1) is 11.9 Å². The van der Waals surface area contributed by atoms with Gasteiger partial charge in [-0.3, -0.25) is 9.48 Å². The maximum atomic E-state index is 11.8. The molecule has 116 valence electrons. The van der Waals surface area contributed by atoms with Crippen LogP contribution in [0.25, 0.3) is 0 Å². The van der Waals surface area contributed by atoms with Crippen molar-refractivity contribution in [2.75, 3.05) is 11.9 Å². The Hall–Kier alpha value is -2.83. The smallest absolute Gasteiger partial charge is 0.319 e. The number of aromatic nitrogens is 2. The normalized spacial score (nSPS) is 11.7. The molecule has 7 heteroatoms. The van der Waals surface area contributed by atoms with Crippen LogP contribution in [0, 0.1) is 0 Å². The van der Waals surface area contributed by atoms with Gasteiger partial charge in [0, 0.05) is 12.7 Å². The molecule has 0 radical (unpaired) electrons. The van der Waals surface area contributed by atoms with Crippen LogP contribution in [0.3, 0.4) is 0 Å². The average molecular weight is 301 g/mol. The van der Waals surface area contributed by atoms with E-state index < -0.39 is 5.91 Å². The van der Waals surface area contributed by atoms with Crippen LogP contribution >= 0.6 is 0 Å². The Bertz CT molecular complexity index is 638. The summed E-state index contributed by atoms with van der Waals surface area (Å²) in [5.74, 6) is -0.277. The van der Waals surface area contributed by atoms with Gasteiger partial charge in [-0.1, -0.05) is 37.3 Å². The molecule has 0 aliphatic carbocycles. The lowest BCUT2D eigenvalue weighted by molar-refractivity contribution is -0.118. The average Bonchev–Trinajstić information content (AvgIpc) is 2.92. The first-order chi connectivity index (χ1) is 10.5. The number of urea groups is 1. The van der Waals surface area contributed by atoms with Gasteiger partial charge in [-0.25, -0.2) is 4.79 Å². The van der Waals surface area contributed by atoms with Gasteiger partial charge < -0.3 is 16.4 Å². The van der Waals surface area contributed by atoms with Gasteiger partial charge in [0.15, 0.2) is 0 Å². The second-order valence-corrected chi connectivity index (χ2v) is 5.04. The van der Waals surface area contributed by atoms with E-state index in [1.54, 1.807) is 6.20 Å². The van der Waals surface area contributed by atoms with Crippen molar-refractivity contribution in [1.29, 1.82) is 0 Å². The van der Waals surface area contributed by atoms with Crippen molar-refractivity contribution in [3.63, 3.8) is 0 Å². The van der Waals surface area contributed by atoms with Gasteiger partial charge in [-0.05, 0) is 11.5 Å². The molecule has 1 unspecified atom stereocenters. The maximum absolute atomic E-state index is 11.8. The summed E-state index contributed by atoms with van der Waals surface area (Å²) in [5, 5.41) is 9.38. The topological polar surface area (TPSA) is 102 Å². The number of rotatable bonds is 6. The number of carbonyl (C=O) groups is 2. The number of nitrogens with two attached hydrogens (primary N) is 1. The van der Waals surface area contributed by atoms with Crippen molar-refractivity contribution in [2.45, 2.75) is 19.4 Å². The van der Waals surface area contributed by atoms with E-state index in [-0.39, 0.29) is 18.5 Å². The molecule has 4 N–H and O–H groups in total. The van der Waals surface area contributed by atoms with Crippen LogP contribution in [0.2, 0.25) is 0 Å². The molecule has 1 atom stereocenters. The highest BCUT2D eigenvalue weighted by Gasteiger charge is 2.08. The number of carbonyl (C=O) groups excluding carboxylic acids is 2. The molecular formula is C15H19N5O2. The van der Waals surface area contributed by atoms with Crippen LogP contribution in [0.15, 0.2) is 42.7 Å². The second kappa shape index (κ2) is 7.26. The first-order valence-corrected chi connectivity index (χ1v) is 6.95. The zero-order chi connectivity index (χ0) is 15.9. The summed E-state index contributed by atoms with van der Waals surface area (Å²) >= 11 is 0. The molecule has 7 nitrogen and oxygen atoms in total. The highest BCUT2D eigenvalue weighted by molar-refractivity contribution is 5.88. The number of nitrogens with one attached hydrogen (secondary N) is 2. The number of anilines is 1. The molecule has 0 saturated carbocycles. The minimum absolute atomic E-state index is 0.0195. The summed E-state index contributed by atoms with van der Waals surface area (Å²) < 4.78 is 1.37. The Morgan fingerprint density at radius 1 is 1.32 bits per heavy atom. The molecule has 0 fully saturated rings. The van der Waals surface area contributed by atoms with E-state index in [9.17, 15) is 9.59 Å². The lowest BCUT2D eigenvalue weighted by Gasteiger charge is -2.13. The van der Waals surface area contributed by atoms with Crippen LogP contribution in [0.1, 0.15) is 18.4 Å². The number of amides is 3. The molecule has 1 heterocycles. The number of hydrogen-bond donors (Lipinski definition) is 3. The quantitative estimate of drug-likeness (QED) is 0.749. The third-order valence-electron chi connectivity index (χ3n) is 3.15. The molecule has 1 aromatic carbocycles. The highest BCUT2D eigenvalue weighted by Crippen LogP contribution is 2.13. The first-order valence-electron chi connectivity index (χ1n) is 6.95. The van der Waals surface area contributed by atoms with Gasteiger partial charge in [0.1, 0.15) is 6.54 Å². The maximum Gasteiger partial charge on any atom is 0.319 e. The fraction of sp³-hybridized carbons (Fsp3) is 0.267. The SMILES string of the molecule is CC(CNC(=O)Nc1cnn(CC(N)=O)c1)c1ccccc1. The molecule has 0 aliphatic heterocycles. The van der Waals surface area contributed by atoms with E-state index in [1.807, 2.05) is 37.3 Å². The third kappa shape index (κ3) is 4.62. The lowest BCUT2D eigenvalue weighted by Crippen LogP contribution is -2.31. The lowest BCUT2D eigenvalue weighted by atomic mass is 10.0. The molecule has 22 heavy (non-hydrogen) atoms. The molecule has 0 spiro atoms. The van der Waals surface area contributed by atoms with E-state index in [0.29, 0.717) is 12.2 Å². The summed E-state index contributed by atoms with van der Waals surface area (Å²) in [6.07, 6.45) is 3.01.